The molecule has 0 amide bonds. The lowest BCUT2D eigenvalue weighted by atomic mass is 9.95. The fourth-order valence-corrected chi connectivity index (χ4v) is 5.02. The van der Waals surface area contributed by atoms with Crippen LogP contribution in [0.4, 0.5) is 32.0 Å². The molecule has 42 heavy (non-hydrogen) atoms. The number of nitrogens with zero attached hydrogens (tertiary/aromatic N) is 3. The summed E-state index contributed by atoms with van der Waals surface area (Å²) < 4.78 is 98.8. The van der Waals surface area contributed by atoms with Gasteiger partial charge < -0.3 is 24.2 Å². The van der Waals surface area contributed by atoms with Crippen LogP contribution in [-0.4, -0.2) is 38.8 Å². The Bertz CT molecular complexity index is 1840. The number of aromatic nitrogens is 3. The Hall–Kier alpha value is -4.04. The van der Waals surface area contributed by atoms with Crippen LogP contribution < -0.4 is 10.5 Å². The molecule has 0 aliphatic rings. The number of benzene rings is 2. The zero-order valence-electron chi connectivity index (χ0n) is 22.0. The van der Waals surface area contributed by atoms with Crippen LogP contribution in [0.5, 0.6) is 5.75 Å². The molecule has 0 spiro atoms. The molecular formula is C28H21BrF6N4O3. The topological polar surface area (TPSA) is 83.8 Å². The van der Waals surface area contributed by atoms with Gasteiger partial charge in [0.2, 0.25) is 5.78 Å². The molecule has 0 fully saturated rings. The highest BCUT2D eigenvalue weighted by Crippen LogP contribution is 2.46. The van der Waals surface area contributed by atoms with Gasteiger partial charge in [-0.1, -0.05) is 22.0 Å². The first-order chi connectivity index (χ1) is 19.9. The van der Waals surface area contributed by atoms with Gasteiger partial charge in [-0.15, -0.1) is 0 Å². The minimum atomic E-state index is -4.86. The second-order valence-electron chi connectivity index (χ2n) is 9.25. The minimum absolute atomic E-state index is 0.00479. The summed E-state index contributed by atoms with van der Waals surface area (Å²) in [5, 5.41) is 0.336. The van der Waals surface area contributed by atoms with Crippen molar-refractivity contribution in [3.05, 3.63) is 82.7 Å². The summed E-state index contributed by atoms with van der Waals surface area (Å²) in [7, 11) is 2.96. The van der Waals surface area contributed by atoms with E-state index in [2.05, 4.69) is 20.9 Å². The number of carbonyl (C=O) groups excluding carboxylic acids is 1. The minimum Gasteiger partial charge on any atom is -0.490 e. The summed E-state index contributed by atoms with van der Waals surface area (Å²) in [6.45, 7) is 0.0822. The second kappa shape index (κ2) is 11.0. The Labute approximate surface area is 242 Å². The van der Waals surface area contributed by atoms with Gasteiger partial charge in [0, 0.05) is 48.4 Å². The number of rotatable bonds is 8. The summed E-state index contributed by atoms with van der Waals surface area (Å²) in [6, 6.07) is 6.02. The third-order valence-corrected chi connectivity index (χ3v) is 7.05. The van der Waals surface area contributed by atoms with Gasteiger partial charge in [-0.25, -0.2) is 18.2 Å². The number of nitrogens with two attached hydrogens (primary N) is 1. The van der Waals surface area contributed by atoms with Crippen LogP contribution in [0.2, 0.25) is 0 Å². The SMILES string of the molecule is COCc1nc2c(N)c(-c3cccn4c(C(=O)c5cc(F)c(F)c(F)c5)cc(OCCBr)c34)c(C(F)(F)F)cc2n1C. The number of imidazole rings is 1. The van der Waals surface area contributed by atoms with E-state index in [1.54, 1.807) is 7.05 Å². The van der Waals surface area contributed by atoms with Crippen molar-refractivity contribution in [2.45, 2.75) is 12.8 Å². The maximum Gasteiger partial charge on any atom is 0.417 e. The molecule has 14 heteroatoms. The molecule has 2 aromatic carbocycles. The van der Waals surface area contributed by atoms with Crippen molar-refractivity contribution in [2.75, 3.05) is 24.8 Å². The van der Waals surface area contributed by atoms with Crippen LogP contribution in [0.3, 0.4) is 0 Å². The van der Waals surface area contributed by atoms with Gasteiger partial charge in [-0.3, -0.25) is 4.79 Å². The molecule has 0 aliphatic heterocycles. The monoisotopic (exact) mass is 654 g/mol. The van der Waals surface area contributed by atoms with E-state index in [-0.39, 0.29) is 52.5 Å². The molecule has 0 unspecified atom stereocenters. The maximum atomic E-state index is 14.6. The van der Waals surface area contributed by atoms with Gasteiger partial charge in [0.1, 0.15) is 23.7 Å². The number of hydrogen-bond acceptors (Lipinski definition) is 5. The largest absolute Gasteiger partial charge is 0.490 e. The molecule has 5 aromatic rings. The average molecular weight is 655 g/mol. The predicted octanol–water partition coefficient (Wildman–Crippen LogP) is 6.66. The molecule has 0 saturated heterocycles. The van der Waals surface area contributed by atoms with Crippen LogP contribution in [-0.2, 0) is 24.6 Å². The van der Waals surface area contributed by atoms with E-state index in [1.807, 2.05) is 0 Å². The highest BCUT2D eigenvalue weighted by molar-refractivity contribution is 9.09. The number of nitrogen functional groups attached to an aromatic ring is 1. The summed E-state index contributed by atoms with van der Waals surface area (Å²) in [6.07, 6.45) is -3.48. The molecule has 0 aliphatic carbocycles. The van der Waals surface area contributed by atoms with Crippen molar-refractivity contribution >= 4 is 44.0 Å². The van der Waals surface area contributed by atoms with Crippen molar-refractivity contribution in [3.63, 3.8) is 0 Å². The summed E-state index contributed by atoms with van der Waals surface area (Å²) in [4.78, 5) is 17.8. The quantitative estimate of drug-likeness (QED) is 0.0665. The number of alkyl halides is 4. The highest BCUT2D eigenvalue weighted by atomic mass is 79.9. The maximum absolute atomic E-state index is 14.6. The molecule has 0 atom stereocenters. The van der Waals surface area contributed by atoms with Crippen LogP contribution in [0.25, 0.3) is 27.7 Å². The van der Waals surface area contributed by atoms with Crippen molar-refractivity contribution in [2.24, 2.45) is 7.05 Å². The van der Waals surface area contributed by atoms with Crippen LogP contribution in [0, 0.1) is 17.5 Å². The van der Waals surface area contributed by atoms with Crippen molar-refractivity contribution in [1.82, 2.24) is 14.0 Å². The fraction of sp³-hybridized carbons (Fsp3) is 0.214. The number of pyridine rings is 1. The molecular weight excluding hydrogens is 634 g/mol. The molecule has 3 heterocycles. The molecule has 7 nitrogen and oxygen atoms in total. The van der Waals surface area contributed by atoms with Gasteiger partial charge in [-0.05, 0) is 24.3 Å². The van der Waals surface area contributed by atoms with Crippen molar-refractivity contribution < 1.29 is 40.6 Å². The summed E-state index contributed by atoms with van der Waals surface area (Å²) >= 11 is 3.22. The Morgan fingerprint density at radius 3 is 2.43 bits per heavy atom. The van der Waals surface area contributed by atoms with E-state index >= 15 is 0 Å². The third kappa shape index (κ3) is 4.87. The predicted molar refractivity (Wildman–Crippen MR) is 146 cm³/mol. The number of aryl methyl sites for hydroxylation is 1. The zero-order chi connectivity index (χ0) is 30.5. The van der Waals surface area contributed by atoms with Crippen molar-refractivity contribution in [1.29, 1.82) is 0 Å². The Morgan fingerprint density at radius 1 is 1.12 bits per heavy atom. The van der Waals surface area contributed by atoms with E-state index in [9.17, 15) is 31.1 Å². The number of halogens is 7. The van der Waals surface area contributed by atoms with E-state index in [4.69, 9.17) is 15.2 Å². The number of carbonyl (C=O) groups is 1. The Kier molecular flexibility index (Phi) is 7.70. The zero-order valence-corrected chi connectivity index (χ0v) is 23.5. The van der Waals surface area contributed by atoms with Crippen LogP contribution in [0.15, 0.2) is 42.6 Å². The lowest BCUT2D eigenvalue weighted by Gasteiger charge is -2.18. The average Bonchev–Trinajstić information content (AvgIpc) is 3.47. The van der Waals surface area contributed by atoms with Gasteiger partial charge >= 0.3 is 6.18 Å². The lowest BCUT2D eigenvalue weighted by molar-refractivity contribution is -0.137. The molecule has 2 N–H and O–H groups in total. The number of ketones is 1. The fourth-order valence-electron chi connectivity index (χ4n) is 4.86. The van der Waals surface area contributed by atoms with Gasteiger partial charge in [-0.2, -0.15) is 13.2 Å². The van der Waals surface area contributed by atoms with E-state index in [0.29, 0.717) is 23.3 Å². The number of fused-ring (bicyclic) bond motifs is 2. The van der Waals surface area contributed by atoms with Crippen LogP contribution >= 0.6 is 15.9 Å². The molecule has 0 saturated carbocycles. The number of hydrogen-bond donors (Lipinski definition) is 1. The van der Waals surface area contributed by atoms with E-state index < -0.39 is 46.1 Å². The smallest absolute Gasteiger partial charge is 0.417 e. The van der Waals surface area contributed by atoms with Gasteiger partial charge in [0.05, 0.1) is 34.6 Å². The van der Waals surface area contributed by atoms with Gasteiger partial charge in [0.15, 0.2) is 17.5 Å². The summed E-state index contributed by atoms with van der Waals surface area (Å²) in [5.41, 5.74) is 4.21. The van der Waals surface area contributed by atoms with E-state index in [0.717, 1.165) is 6.07 Å². The standard InChI is InChI=1S/C28H21BrF6N4O3/c1-38-18-10-15(28(33,34)35)22(24(36)25(18)37-21(38)12-41-2)14-4-3-6-39-19(11-20(26(14)39)42-7-5-29)27(40)13-8-16(30)23(32)17(31)9-13/h3-4,6,8-11H,5,7,12,36H2,1-2H3. The number of anilines is 1. The first kappa shape index (κ1) is 29.5. The Balaban J connectivity index is 1.83. The Morgan fingerprint density at radius 2 is 1.81 bits per heavy atom. The molecule has 0 radical (unpaired) electrons. The van der Waals surface area contributed by atoms with Crippen LogP contribution in [0.1, 0.15) is 27.4 Å². The first-order valence-electron chi connectivity index (χ1n) is 12.2. The normalized spacial score (nSPS) is 12.0. The molecule has 3 aromatic heterocycles. The second-order valence-corrected chi connectivity index (χ2v) is 10.0. The van der Waals surface area contributed by atoms with Crippen molar-refractivity contribution in [3.8, 4) is 16.9 Å². The first-order valence-corrected chi connectivity index (χ1v) is 13.4. The molecule has 220 valence electrons. The third-order valence-electron chi connectivity index (χ3n) is 6.72. The number of methoxy groups -OCH3 is 1. The molecule has 0 bridgehead atoms. The van der Waals surface area contributed by atoms with Gasteiger partial charge in [0.25, 0.3) is 0 Å². The lowest BCUT2D eigenvalue weighted by Crippen LogP contribution is -2.11. The summed E-state index contributed by atoms with van der Waals surface area (Å²) in [5.74, 6) is -5.47. The van der Waals surface area contributed by atoms with E-state index in [1.165, 1.54) is 40.5 Å². The molecule has 5 rings (SSSR count). The number of ether oxygens (including phenoxy) is 2. The highest BCUT2D eigenvalue weighted by Gasteiger charge is 2.37.